The van der Waals surface area contributed by atoms with Gasteiger partial charge in [0.1, 0.15) is 6.04 Å². The van der Waals surface area contributed by atoms with Crippen LogP contribution in [-0.2, 0) is 4.79 Å². The molecule has 0 unspecified atom stereocenters. The van der Waals surface area contributed by atoms with Gasteiger partial charge in [-0.3, -0.25) is 9.69 Å². The van der Waals surface area contributed by atoms with Crippen LogP contribution in [0.1, 0.15) is 57.9 Å². The van der Waals surface area contributed by atoms with Gasteiger partial charge in [-0.15, -0.1) is 0 Å². The second kappa shape index (κ2) is 8.65. The van der Waals surface area contributed by atoms with E-state index in [1.165, 1.54) is 16.9 Å². The molecule has 5 amide bonds. The summed E-state index contributed by atoms with van der Waals surface area (Å²) >= 11 is 0. The lowest BCUT2D eigenvalue weighted by molar-refractivity contribution is -0.129. The van der Waals surface area contributed by atoms with Gasteiger partial charge in [0, 0.05) is 31.1 Å². The van der Waals surface area contributed by atoms with E-state index in [4.69, 9.17) is 0 Å². The van der Waals surface area contributed by atoms with Crippen LogP contribution in [0.15, 0.2) is 30.3 Å². The molecule has 4 aliphatic rings. The Morgan fingerprint density at radius 3 is 2.55 bits per heavy atom. The maximum Gasteiger partial charge on any atom is 0.327 e. The predicted octanol–water partition coefficient (Wildman–Crippen LogP) is 3.66. The monoisotopic (exact) mass is 452 g/mol. The Morgan fingerprint density at radius 1 is 1.06 bits per heavy atom. The number of fused-ring (bicyclic) bond motifs is 1. The second-order valence-electron chi connectivity index (χ2n) is 10.8. The van der Waals surface area contributed by atoms with E-state index in [1.54, 1.807) is 9.80 Å². The number of carbonyl (C=O) groups is 3. The Hall–Kier alpha value is -2.57. The van der Waals surface area contributed by atoms with Gasteiger partial charge >= 0.3 is 12.1 Å². The molecule has 1 N–H and O–H groups in total. The van der Waals surface area contributed by atoms with E-state index in [0.717, 1.165) is 19.3 Å². The summed E-state index contributed by atoms with van der Waals surface area (Å²) in [6.45, 7) is 7.89. The number of nitrogens with zero attached hydrogens (tertiary/aromatic N) is 3. The fourth-order valence-corrected chi connectivity index (χ4v) is 6.25. The van der Waals surface area contributed by atoms with E-state index in [-0.39, 0.29) is 42.5 Å². The van der Waals surface area contributed by atoms with Crippen LogP contribution in [0, 0.1) is 17.8 Å². The van der Waals surface area contributed by atoms with Crippen molar-refractivity contribution in [2.45, 2.75) is 70.5 Å². The molecular formula is C26H36N4O3. The topological polar surface area (TPSA) is 73.0 Å². The van der Waals surface area contributed by atoms with Crippen molar-refractivity contribution >= 4 is 18.0 Å². The fourth-order valence-electron chi connectivity index (χ4n) is 6.25. The van der Waals surface area contributed by atoms with E-state index >= 15 is 0 Å². The van der Waals surface area contributed by atoms with Gasteiger partial charge in [-0.25, -0.2) is 9.59 Å². The minimum absolute atomic E-state index is 0.0594. The number of piperazine rings is 1. The normalized spacial score (nSPS) is 34.0. The highest BCUT2D eigenvalue weighted by atomic mass is 16.2. The van der Waals surface area contributed by atoms with Crippen molar-refractivity contribution in [3.05, 3.63) is 35.9 Å². The molecule has 2 aliphatic heterocycles. The molecule has 6 atom stereocenters. The molecule has 1 aromatic rings. The predicted molar refractivity (Wildman–Crippen MR) is 126 cm³/mol. The zero-order chi connectivity index (χ0) is 23.3. The highest BCUT2D eigenvalue weighted by Gasteiger charge is 2.56. The van der Waals surface area contributed by atoms with Crippen LogP contribution in [0.5, 0.6) is 0 Å². The molecule has 7 nitrogen and oxygen atoms in total. The Labute approximate surface area is 196 Å². The zero-order valence-electron chi connectivity index (χ0n) is 19.9. The van der Waals surface area contributed by atoms with Crippen LogP contribution < -0.4 is 5.32 Å². The average Bonchev–Trinajstić information content (AvgIpc) is 3.54. The number of amides is 5. The molecule has 178 valence electrons. The summed E-state index contributed by atoms with van der Waals surface area (Å²) in [5.41, 5.74) is 1.18. The first-order valence-corrected chi connectivity index (χ1v) is 12.6. The molecule has 2 saturated carbocycles. The van der Waals surface area contributed by atoms with Gasteiger partial charge in [-0.1, -0.05) is 57.5 Å². The highest BCUT2D eigenvalue weighted by molar-refractivity contribution is 6.05. The summed E-state index contributed by atoms with van der Waals surface area (Å²) in [5.74, 6) is 1.70. The lowest BCUT2D eigenvalue weighted by Crippen LogP contribution is -2.59. The molecule has 1 aromatic carbocycles. The summed E-state index contributed by atoms with van der Waals surface area (Å²) in [6, 6.07) is 9.37. The maximum absolute atomic E-state index is 13.3. The van der Waals surface area contributed by atoms with Crippen molar-refractivity contribution in [2.24, 2.45) is 17.8 Å². The number of hydrogen-bond donors (Lipinski definition) is 1. The zero-order valence-corrected chi connectivity index (χ0v) is 19.9. The van der Waals surface area contributed by atoms with E-state index in [2.05, 4.69) is 38.2 Å². The molecular weight excluding hydrogens is 416 g/mol. The van der Waals surface area contributed by atoms with Gasteiger partial charge in [-0.2, -0.15) is 0 Å². The summed E-state index contributed by atoms with van der Waals surface area (Å²) in [7, 11) is 0. The van der Waals surface area contributed by atoms with E-state index in [1.807, 2.05) is 18.2 Å². The number of nitrogens with one attached hydrogen (secondary N) is 1. The minimum Gasteiger partial charge on any atom is -0.335 e. The van der Waals surface area contributed by atoms with Crippen LogP contribution in [0.25, 0.3) is 0 Å². The van der Waals surface area contributed by atoms with Crippen LogP contribution >= 0.6 is 0 Å². The van der Waals surface area contributed by atoms with Crippen molar-refractivity contribution in [2.75, 3.05) is 19.6 Å². The second-order valence-corrected chi connectivity index (χ2v) is 10.8. The fraction of sp³-hybridized carbons (Fsp3) is 0.654. The molecule has 2 heterocycles. The standard InChI is InChI=1S/C26H36N4O3/c1-16(2)19-10-9-17(3)13-21(19)27-25(32)28-11-12-29-23(15-28)24(31)30(26(29)33)22-14-20(22)18-7-5-4-6-8-18/h4-8,16-17,19-23H,9-15H2,1-3H3,(H,27,32)/t17-,19+,20-,21-,22+,23+/m1/s1. The first-order chi connectivity index (χ1) is 15.8. The summed E-state index contributed by atoms with van der Waals surface area (Å²) in [5, 5.41) is 3.29. The minimum atomic E-state index is -0.555. The Morgan fingerprint density at radius 2 is 1.82 bits per heavy atom. The van der Waals surface area contributed by atoms with Gasteiger partial charge in [0.25, 0.3) is 5.91 Å². The quantitative estimate of drug-likeness (QED) is 0.709. The molecule has 5 rings (SSSR count). The number of carbonyl (C=O) groups excluding carboxylic acids is 3. The van der Waals surface area contributed by atoms with Crippen LogP contribution in [0.2, 0.25) is 0 Å². The Balaban J connectivity index is 1.23. The van der Waals surface area contributed by atoms with Gasteiger partial charge < -0.3 is 15.1 Å². The maximum atomic E-state index is 13.3. The number of urea groups is 2. The smallest absolute Gasteiger partial charge is 0.327 e. The number of imide groups is 1. The SMILES string of the molecule is CC(C)[C@@H]1CC[C@@H](C)C[C@H]1NC(=O)N1CCN2C(=O)N([C@H]3C[C@@H]3c3ccccc3)C(=O)[C@@H]2C1. The largest absolute Gasteiger partial charge is 0.335 e. The molecule has 0 radical (unpaired) electrons. The summed E-state index contributed by atoms with van der Waals surface area (Å²) in [6.07, 6.45) is 4.19. The van der Waals surface area contributed by atoms with Crippen LogP contribution in [0.4, 0.5) is 9.59 Å². The average molecular weight is 453 g/mol. The highest BCUT2D eigenvalue weighted by Crippen LogP contribution is 2.47. The third kappa shape index (κ3) is 4.11. The first kappa shape index (κ1) is 22.2. The van der Waals surface area contributed by atoms with Gasteiger partial charge in [0.15, 0.2) is 0 Å². The van der Waals surface area contributed by atoms with E-state index < -0.39 is 6.04 Å². The lowest BCUT2D eigenvalue weighted by atomic mass is 9.74. The summed E-state index contributed by atoms with van der Waals surface area (Å²) in [4.78, 5) is 44.4. The Kier molecular flexibility index (Phi) is 5.83. The van der Waals surface area contributed by atoms with Gasteiger partial charge in [0.2, 0.25) is 0 Å². The van der Waals surface area contributed by atoms with Gasteiger partial charge in [0.05, 0.1) is 6.54 Å². The van der Waals surface area contributed by atoms with Crippen molar-refractivity contribution in [1.29, 1.82) is 0 Å². The lowest BCUT2D eigenvalue weighted by Gasteiger charge is -2.40. The molecule has 0 bridgehead atoms. The third-order valence-corrected chi connectivity index (χ3v) is 8.29. The van der Waals surface area contributed by atoms with Crippen LogP contribution in [0.3, 0.4) is 0 Å². The summed E-state index contributed by atoms with van der Waals surface area (Å²) < 4.78 is 0. The van der Waals surface area contributed by atoms with Crippen molar-refractivity contribution in [3.63, 3.8) is 0 Å². The molecule has 33 heavy (non-hydrogen) atoms. The molecule has 0 aromatic heterocycles. The first-order valence-electron chi connectivity index (χ1n) is 12.6. The molecule has 0 spiro atoms. The van der Waals surface area contributed by atoms with Crippen molar-refractivity contribution in [1.82, 2.24) is 20.0 Å². The van der Waals surface area contributed by atoms with Gasteiger partial charge in [-0.05, 0) is 42.6 Å². The van der Waals surface area contributed by atoms with E-state index in [9.17, 15) is 14.4 Å². The molecule has 4 fully saturated rings. The van der Waals surface area contributed by atoms with E-state index in [0.29, 0.717) is 30.8 Å². The molecule has 7 heteroatoms. The molecule has 2 aliphatic carbocycles. The number of rotatable bonds is 4. The van der Waals surface area contributed by atoms with Crippen molar-refractivity contribution < 1.29 is 14.4 Å². The van der Waals surface area contributed by atoms with Crippen molar-refractivity contribution in [3.8, 4) is 0 Å². The number of benzene rings is 1. The Bertz CT molecular complexity index is 919. The van der Waals surface area contributed by atoms with Crippen LogP contribution in [-0.4, -0.2) is 70.4 Å². The third-order valence-electron chi connectivity index (χ3n) is 8.29. The number of hydrogen-bond acceptors (Lipinski definition) is 3. The molecule has 2 saturated heterocycles.